The molecule has 2 heterocycles. The molecule has 0 aromatic rings. The molecule has 3 nitrogen and oxygen atoms in total. The fraction of sp³-hybridized carbons (Fsp3) is 0.917. The predicted molar refractivity (Wildman–Crippen MR) is 54.2 cm³/mol. The van der Waals surface area contributed by atoms with E-state index >= 15 is 0 Å². The summed E-state index contributed by atoms with van der Waals surface area (Å²) in [5, 5.41) is 0. The summed E-state index contributed by atoms with van der Waals surface area (Å²) in [5.74, 6) is 1.39. The van der Waals surface area contributed by atoms with Crippen LogP contribution in [0.5, 0.6) is 0 Å². The van der Waals surface area contributed by atoms with Crippen LogP contribution in [-0.4, -0.2) is 24.3 Å². The van der Waals surface area contributed by atoms with Crippen molar-refractivity contribution in [1.29, 1.82) is 0 Å². The highest BCUT2D eigenvalue weighted by molar-refractivity contribution is 5.76. The van der Waals surface area contributed by atoms with Gasteiger partial charge in [0.25, 0.3) is 0 Å². The van der Waals surface area contributed by atoms with E-state index in [2.05, 4.69) is 20.8 Å². The van der Waals surface area contributed by atoms with E-state index in [9.17, 15) is 4.79 Å². The third kappa shape index (κ3) is 1.13. The fourth-order valence-electron chi connectivity index (χ4n) is 3.49. The molecule has 3 aliphatic rings. The van der Waals surface area contributed by atoms with Crippen LogP contribution < -0.4 is 0 Å². The van der Waals surface area contributed by atoms with Crippen LogP contribution in [0, 0.1) is 23.7 Å². The first kappa shape index (κ1) is 9.64. The maximum Gasteiger partial charge on any atom is 0.309 e. The van der Waals surface area contributed by atoms with Crippen molar-refractivity contribution in [2.75, 3.05) is 6.61 Å². The number of hydrogen-bond acceptors (Lipinski definition) is 3. The lowest BCUT2D eigenvalue weighted by Gasteiger charge is -2.33. The summed E-state index contributed by atoms with van der Waals surface area (Å²) >= 11 is 0. The van der Waals surface area contributed by atoms with E-state index in [1.807, 2.05) is 0 Å². The van der Waals surface area contributed by atoms with E-state index in [4.69, 9.17) is 9.47 Å². The van der Waals surface area contributed by atoms with Crippen molar-refractivity contribution < 1.29 is 14.3 Å². The Bertz CT molecular complexity index is 312. The maximum atomic E-state index is 11.8. The third-order valence-corrected chi connectivity index (χ3v) is 4.63. The van der Waals surface area contributed by atoms with Gasteiger partial charge < -0.3 is 9.47 Å². The Balaban J connectivity index is 1.93. The molecular formula is C12H18O3. The molecule has 0 aromatic carbocycles. The maximum absolute atomic E-state index is 11.8. The molecule has 84 valence electrons. The van der Waals surface area contributed by atoms with Gasteiger partial charge in [-0.05, 0) is 25.2 Å². The zero-order valence-corrected chi connectivity index (χ0v) is 9.53. The summed E-state index contributed by atoms with van der Waals surface area (Å²) in [7, 11) is 0. The molecule has 0 spiro atoms. The smallest absolute Gasteiger partial charge is 0.309 e. The van der Waals surface area contributed by atoms with Crippen LogP contribution in [0.25, 0.3) is 0 Å². The van der Waals surface area contributed by atoms with Gasteiger partial charge in [0.05, 0.1) is 24.2 Å². The van der Waals surface area contributed by atoms with Crippen molar-refractivity contribution in [3.8, 4) is 0 Å². The van der Waals surface area contributed by atoms with Crippen LogP contribution in [0.4, 0.5) is 0 Å². The van der Waals surface area contributed by atoms with Gasteiger partial charge >= 0.3 is 5.97 Å². The molecule has 3 heteroatoms. The number of rotatable bonds is 1. The topological polar surface area (TPSA) is 38.8 Å². The highest BCUT2D eigenvalue weighted by atomic mass is 16.6. The van der Waals surface area contributed by atoms with Gasteiger partial charge in [-0.1, -0.05) is 13.8 Å². The Morgan fingerprint density at radius 2 is 2.20 bits per heavy atom. The van der Waals surface area contributed by atoms with Gasteiger partial charge in [-0.2, -0.15) is 0 Å². The predicted octanol–water partition coefficient (Wildman–Crippen LogP) is 1.61. The minimum Gasteiger partial charge on any atom is -0.465 e. The zero-order valence-electron chi connectivity index (χ0n) is 9.53. The molecule has 0 amide bonds. The Morgan fingerprint density at radius 1 is 1.47 bits per heavy atom. The van der Waals surface area contributed by atoms with Crippen LogP contribution in [0.2, 0.25) is 0 Å². The molecule has 5 atom stereocenters. The summed E-state index contributed by atoms with van der Waals surface area (Å²) in [4.78, 5) is 11.8. The van der Waals surface area contributed by atoms with Crippen LogP contribution >= 0.6 is 0 Å². The molecule has 0 unspecified atom stereocenters. The summed E-state index contributed by atoms with van der Waals surface area (Å²) in [5.41, 5.74) is -0.0534. The first-order valence-electron chi connectivity index (χ1n) is 5.88. The first-order chi connectivity index (χ1) is 7.04. The van der Waals surface area contributed by atoms with E-state index in [0.29, 0.717) is 30.5 Å². The van der Waals surface area contributed by atoms with Crippen molar-refractivity contribution in [2.45, 2.75) is 38.9 Å². The Kier molecular flexibility index (Phi) is 1.77. The summed E-state index contributed by atoms with van der Waals surface area (Å²) in [6.07, 6.45) is 1.41. The van der Waals surface area contributed by atoms with Crippen molar-refractivity contribution in [3.05, 3.63) is 0 Å². The Labute approximate surface area is 90.1 Å². The molecule has 2 saturated heterocycles. The second-order valence-electron chi connectivity index (χ2n) is 5.70. The lowest BCUT2D eigenvalue weighted by Crippen LogP contribution is -2.42. The van der Waals surface area contributed by atoms with Gasteiger partial charge in [-0.3, -0.25) is 4.79 Å². The van der Waals surface area contributed by atoms with E-state index in [0.717, 1.165) is 6.42 Å². The van der Waals surface area contributed by atoms with Gasteiger partial charge in [0.15, 0.2) is 0 Å². The molecule has 0 N–H and O–H groups in total. The van der Waals surface area contributed by atoms with Crippen LogP contribution in [0.1, 0.15) is 27.2 Å². The minimum atomic E-state index is -0.0534. The Hall–Kier alpha value is -0.570. The fourth-order valence-corrected chi connectivity index (χ4v) is 3.49. The molecule has 0 radical (unpaired) electrons. The largest absolute Gasteiger partial charge is 0.465 e. The molecule has 2 aliphatic heterocycles. The molecule has 1 saturated carbocycles. The quantitative estimate of drug-likeness (QED) is 0.487. The van der Waals surface area contributed by atoms with Gasteiger partial charge in [-0.25, -0.2) is 0 Å². The van der Waals surface area contributed by atoms with Crippen LogP contribution in [-0.2, 0) is 14.3 Å². The average Bonchev–Trinajstić information content (AvgIpc) is 2.68. The van der Waals surface area contributed by atoms with Crippen molar-refractivity contribution in [2.24, 2.45) is 23.7 Å². The van der Waals surface area contributed by atoms with Crippen LogP contribution in [0.15, 0.2) is 0 Å². The minimum absolute atomic E-state index is 0.00822. The van der Waals surface area contributed by atoms with Crippen molar-refractivity contribution in [1.82, 2.24) is 0 Å². The average molecular weight is 210 g/mol. The van der Waals surface area contributed by atoms with Gasteiger partial charge in [0.2, 0.25) is 0 Å². The molecule has 0 bridgehead atoms. The third-order valence-electron chi connectivity index (χ3n) is 4.63. The number of hydrogen-bond donors (Lipinski definition) is 0. The molecule has 3 fully saturated rings. The molecule has 0 aromatic heterocycles. The highest BCUT2D eigenvalue weighted by Crippen LogP contribution is 2.58. The van der Waals surface area contributed by atoms with Crippen LogP contribution in [0.3, 0.4) is 0 Å². The number of ether oxygens (including phenoxy) is 2. The number of fused-ring (bicyclic) bond motifs is 3. The number of cyclic esters (lactones) is 1. The molecule has 3 rings (SSSR count). The lowest BCUT2D eigenvalue weighted by molar-refractivity contribution is -0.143. The second kappa shape index (κ2) is 2.76. The molecule has 1 aliphatic carbocycles. The second-order valence-corrected chi connectivity index (χ2v) is 5.70. The van der Waals surface area contributed by atoms with Gasteiger partial charge in [-0.15, -0.1) is 0 Å². The lowest BCUT2D eigenvalue weighted by atomic mass is 9.65. The normalized spacial score (nSPS) is 52.4. The number of carbonyl (C=O) groups excluding carboxylic acids is 1. The monoisotopic (exact) mass is 210 g/mol. The number of carbonyl (C=O) groups is 1. The highest BCUT2D eigenvalue weighted by Gasteiger charge is 2.68. The van der Waals surface area contributed by atoms with Gasteiger partial charge in [0.1, 0.15) is 0 Å². The van der Waals surface area contributed by atoms with E-state index < -0.39 is 0 Å². The number of epoxide rings is 1. The first-order valence-corrected chi connectivity index (χ1v) is 5.88. The zero-order chi connectivity index (χ0) is 10.8. The standard InChI is InChI=1S/C12H18O3/c1-6(2)7-4-9-12(3,15-9)8-5-14-11(13)10(7)8/h6-10H,4-5H2,1-3H3/t7-,8-,9+,10-,12-/m1/s1. The van der Waals surface area contributed by atoms with E-state index in [1.54, 1.807) is 0 Å². The summed E-state index contributed by atoms with van der Waals surface area (Å²) in [6, 6.07) is 0. The van der Waals surface area contributed by atoms with Crippen molar-refractivity contribution in [3.63, 3.8) is 0 Å². The summed E-state index contributed by atoms with van der Waals surface area (Å²) < 4.78 is 11.0. The van der Waals surface area contributed by atoms with Crippen molar-refractivity contribution >= 4 is 5.97 Å². The Morgan fingerprint density at radius 3 is 2.87 bits per heavy atom. The SMILES string of the molecule is CC(C)[C@H]1C[C@@H]2O[C@]2(C)[C@@H]2COC(=O)[C@H]12. The van der Waals surface area contributed by atoms with E-state index in [-0.39, 0.29) is 17.5 Å². The number of esters is 1. The molecule has 15 heavy (non-hydrogen) atoms. The van der Waals surface area contributed by atoms with E-state index in [1.165, 1.54) is 0 Å². The molecular weight excluding hydrogens is 192 g/mol. The summed E-state index contributed by atoms with van der Waals surface area (Å²) in [6.45, 7) is 7.09. The van der Waals surface area contributed by atoms with Gasteiger partial charge in [0, 0.05) is 5.92 Å².